The minimum Gasteiger partial charge on any atom is -0.379 e. The molecule has 1 amide bonds. The highest BCUT2D eigenvalue weighted by atomic mass is 32.2. The van der Waals surface area contributed by atoms with Crippen LogP contribution in [0.25, 0.3) is 11.0 Å². The third-order valence-electron chi connectivity index (χ3n) is 6.91. The summed E-state index contributed by atoms with van der Waals surface area (Å²) < 4.78 is 34.6. The fourth-order valence-electron chi connectivity index (χ4n) is 4.76. The number of morpholine rings is 1. The van der Waals surface area contributed by atoms with Crippen molar-refractivity contribution < 1.29 is 17.9 Å². The topological polar surface area (TPSA) is 96.8 Å². The average molecular weight is 492 g/mol. The maximum absolute atomic E-state index is 13.0. The van der Waals surface area contributed by atoms with E-state index in [1.54, 1.807) is 18.2 Å². The zero-order valence-electron chi connectivity index (χ0n) is 20.3. The number of hydrogen-bond acceptors (Lipinski definition) is 6. The van der Waals surface area contributed by atoms with Crippen LogP contribution in [0.5, 0.6) is 0 Å². The predicted molar refractivity (Wildman–Crippen MR) is 131 cm³/mol. The molecule has 3 heterocycles. The van der Waals surface area contributed by atoms with Gasteiger partial charge in [-0.2, -0.15) is 4.31 Å². The van der Waals surface area contributed by atoms with Crippen molar-refractivity contribution in [1.29, 1.82) is 0 Å². The number of carbonyl (C=O) groups is 1. The highest BCUT2D eigenvalue weighted by Crippen LogP contribution is 2.23. The number of sulfonamides is 1. The summed E-state index contributed by atoms with van der Waals surface area (Å²) >= 11 is 0. The van der Waals surface area contributed by atoms with Crippen LogP contribution in [0.1, 0.15) is 44.9 Å². The van der Waals surface area contributed by atoms with E-state index in [1.165, 1.54) is 17.1 Å². The van der Waals surface area contributed by atoms with Gasteiger partial charge in [-0.05, 0) is 44.0 Å². The number of fused-ring (bicyclic) bond motifs is 1. The van der Waals surface area contributed by atoms with Gasteiger partial charge in [0.1, 0.15) is 5.82 Å². The number of piperidine rings is 1. The molecule has 1 aromatic heterocycles. The molecule has 0 spiro atoms. The van der Waals surface area contributed by atoms with E-state index in [1.807, 2.05) is 11.6 Å². The first-order valence-electron chi connectivity index (χ1n) is 12.4. The number of benzene rings is 1. The van der Waals surface area contributed by atoms with Crippen LogP contribution in [0.3, 0.4) is 0 Å². The molecule has 2 aliphatic rings. The van der Waals surface area contributed by atoms with Crippen LogP contribution in [0.2, 0.25) is 0 Å². The number of nitrogens with one attached hydrogen (secondary N) is 1. The zero-order valence-corrected chi connectivity index (χ0v) is 21.1. The van der Waals surface area contributed by atoms with Crippen LogP contribution in [-0.4, -0.2) is 85.1 Å². The highest BCUT2D eigenvalue weighted by Gasteiger charge is 2.27. The first kappa shape index (κ1) is 25.1. The van der Waals surface area contributed by atoms with E-state index >= 15 is 0 Å². The molecule has 0 atom stereocenters. The lowest BCUT2D eigenvalue weighted by Crippen LogP contribution is -2.44. The molecule has 0 radical (unpaired) electrons. The third-order valence-corrected chi connectivity index (χ3v) is 8.80. The van der Waals surface area contributed by atoms with Gasteiger partial charge in [0.05, 0.1) is 29.1 Å². The van der Waals surface area contributed by atoms with E-state index in [0.29, 0.717) is 44.7 Å². The maximum Gasteiger partial charge on any atom is 0.243 e. The van der Waals surface area contributed by atoms with Crippen molar-refractivity contribution in [2.24, 2.45) is 7.05 Å². The smallest absolute Gasteiger partial charge is 0.243 e. The van der Waals surface area contributed by atoms with E-state index in [2.05, 4.69) is 22.1 Å². The minimum absolute atomic E-state index is 0.0506. The number of ether oxygens (including phenoxy) is 1. The minimum atomic E-state index is -3.57. The van der Waals surface area contributed by atoms with Crippen molar-refractivity contribution >= 4 is 27.0 Å². The molecule has 188 valence electrons. The van der Waals surface area contributed by atoms with Crippen LogP contribution in [0.15, 0.2) is 23.1 Å². The molecule has 34 heavy (non-hydrogen) atoms. The number of rotatable bonds is 9. The van der Waals surface area contributed by atoms with Gasteiger partial charge < -0.3 is 19.5 Å². The van der Waals surface area contributed by atoms with Gasteiger partial charge in [0.15, 0.2) is 0 Å². The van der Waals surface area contributed by atoms with Gasteiger partial charge in [0.25, 0.3) is 0 Å². The van der Waals surface area contributed by atoms with Gasteiger partial charge in [-0.15, -0.1) is 0 Å². The summed E-state index contributed by atoms with van der Waals surface area (Å²) in [6.45, 7) is 7.01. The Morgan fingerprint density at radius 1 is 1.18 bits per heavy atom. The summed E-state index contributed by atoms with van der Waals surface area (Å²) in [5, 5.41) is 3.19. The summed E-state index contributed by atoms with van der Waals surface area (Å²) in [7, 11) is -1.66. The van der Waals surface area contributed by atoms with Gasteiger partial charge >= 0.3 is 0 Å². The quantitative estimate of drug-likeness (QED) is 0.576. The number of aryl methyl sites for hydroxylation is 2. The number of aromatic nitrogens is 2. The molecule has 9 nitrogen and oxygen atoms in total. The second kappa shape index (κ2) is 11.2. The van der Waals surface area contributed by atoms with Crippen molar-refractivity contribution in [2.75, 3.05) is 45.9 Å². The Bertz CT molecular complexity index is 1090. The van der Waals surface area contributed by atoms with Crippen LogP contribution in [-0.2, 0) is 33.0 Å². The summed E-state index contributed by atoms with van der Waals surface area (Å²) in [6, 6.07) is 5.32. The number of imidazole rings is 1. The SMILES string of the molecule is CCCCN1CCC(NC(=O)CCc2nc3cc(S(=O)(=O)N4CCOCC4)ccc3n2C)CC1. The van der Waals surface area contributed by atoms with Gasteiger partial charge in [-0.25, -0.2) is 13.4 Å². The molecule has 0 aliphatic carbocycles. The summed E-state index contributed by atoms with van der Waals surface area (Å²) in [4.78, 5) is 20.0. The Hall–Kier alpha value is -2.01. The van der Waals surface area contributed by atoms with Gasteiger partial charge in [-0.3, -0.25) is 4.79 Å². The maximum atomic E-state index is 13.0. The molecular weight excluding hydrogens is 454 g/mol. The number of hydrogen-bond donors (Lipinski definition) is 1. The molecule has 2 aliphatic heterocycles. The van der Waals surface area contributed by atoms with E-state index in [4.69, 9.17) is 4.74 Å². The standard InChI is InChI=1S/C24H37N5O4S/c1-3-4-11-28-12-9-19(10-13-28)25-24(30)8-7-23-26-21-18-20(5-6-22(21)27(23)2)34(31,32)29-14-16-33-17-15-29/h5-6,18-19H,3-4,7-17H2,1-2H3,(H,25,30). The van der Waals surface area contributed by atoms with Crippen LogP contribution < -0.4 is 5.32 Å². The Kier molecular flexibility index (Phi) is 8.23. The first-order chi connectivity index (χ1) is 16.4. The number of amides is 1. The van der Waals surface area contributed by atoms with Crippen LogP contribution >= 0.6 is 0 Å². The zero-order chi connectivity index (χ0) is 24.1. The molecule has 1 N–H and O–H groups in total. The molecule has 0 bridgehead atoms. The van der Waals surface area contributed by atoms with Crippen molar-refractivity contribution in [3.05, 3.63) is 24.0 Å². The van der Waals surface area contributed by atoms with Crippen molar-refractivity contribution in [2.45, 2.75) is 56.4 Å². The molecule has 1 aromatic carbocycles. The first-order valence-corrected chi connectivity index (χ1v) is 13.9. The third kappa shape index (κ3) is 5.79. The lowest BCUT2D eigenvalue weighted by molar-refractivity contribution is -0.122. The molecule has 2 aromatic rings. The lowest BCUT2D eigenvalue weighted by Gasteiger charge is -2.32. The molecule has 10 heteroatoms. The second-order valence-corrected chi connectivity index (χ2v) is 11.2. The molecule has 2 saturated heterocycles. The number of carbonyl (C=O) groups excluding carboxylic acids is 1. The Balaban J connectivity index is 1.34. The van der Waals surface area contributed by atoms with Crippen molar-refractivity contribution in [1.82, 2.24) is 24.1 Å². The summed E-state index contributed by atoms with van der Waals surface area (Å²) in [5.41, 5.74) is 1.49. The number of unbranched alkanes of at least 4 members (excludes halogenated alkanes) is 1. The predicted octanol–water partition coefficient (Wildman–Crippen LogP) is 1.91. The highest BCUT2D eigenvalue weighted by molar-refractivity contribution is 7.89. The average Bonchev–Trinajstić information content (AvgIpc) is 3.17. The van der Waals surface area contributed by atoms with Crippen molar-refractivity contribution in [3.8, 4) is 0 Å². The Labute approximate surface area is 202 Å². The molecule has 4 rings (SSSR count). The van der Waals surface area contributed by atoms with E-state index in [0.717, 1.165) is 43.8 Å². The van der Waals surface area contributed by atoms with Crippen LogP contribution in [0.4, 0.5) is 0 Å². The number of nitrogens with zero attached hydrogens (tertiary/aromatic N) is 4. The molecule has 0 saturated carbocycles. The summed E-state index contributed by atoms with van der Waals surface area (Å²) in [5.74, 6) is 0.829. The fourth-order valence-corrected chi connectivity index (χ4v) is 6.19. The normalized spacial score (nSPS) is 19.0. The number of likely N-dealkylation sites (tertiary alicyclic amines) is 1. The van der Waals surface area contributed by atoms with E-state index in [-0.39, 0.29) is 16.8 Å². The van der Waals surface area contributed by atoms with E-state index < -0.39 is 10.0 Å². The second-order valence-electron chi connectivity index (χ2n) is 9.29. The van der Waals surface area contributed by atoms with Gasteiger partial charge in [0.2, 0.25) is 15.9 Å². The van der Waals surface area contributed by atoms with Crippen LogP contribution in [0, 0.1) is 0 Å². The Morgan fingerprint density at radius 3 is 2.62 bits per heavy atom. The van der Waals surface area contributed by atoms with E-state index in [9.17, 15) is 13.2 Å². The molecule has 0 unspecified atom stereocenters. The molecular formula is C24H37N5O4S. The largest absolute Gasteiger partial charge is 0.379 e. The van der Waals surface area contributed by atoms with Gasteiger partial charge in [-0.1, -0.05) is 13.3 Å². The monoisotopic (exact) mass is 491 g/mol. The van der Waals surface area contributed by atoms with Crippen molar-refractivity contribution in [3.63, 3.8) is 0 Å². The van der Waals surface area contributed by atoms with Gasteiger partial charge in [0, 0.05) is 52.1 Å². The summed E-state index contributed by atoms with van der Waals surface area (Å²) in [6.07, 6.45) is 5.33. The lowest BCUT2D eigenvalue weighted by atomic mass is 10.0. The molecule has 2 fully saturated rings. The Morgan fingerprint density at radius 2 is 1.91 bits per heavy atom. The fraction of sp³-hybridized carbons (Fsp3) is 0.667.